The second-order valence-corrected chi connectivity index (χ2v) is 5.80. The van der Waals surface area contributed by atoms with Crippen molar-refractivity contribution >= 4 is 15.8 Å². The highest BCUT2D eigenvalue weighted by Gasteiger charge is 2.23. The Hall–Kier alpha value is -1.34. The highest BCUT2D eigenvalue weighted by atomic mass is 32.2. The van der Waals surface area contributed by atoms with Crippen molar-refractivity contribution in [1.29, 1.82) is 0 Å². The lowest BCUT2D eigenvalue weighted by Crippen LogP contribution is -2.31. The molecule has 0 aliphatic heterocycles. The quantitative estimate of drug-likeness (QED) is 0.771. The molecule has 0 saturated carbocycles. The summed E-state index contributed by atoms with van der Waals surface area (Å²) >= 11 is 0. The molecule has 100 valence electrons. The first kappa shape index (κ1) is 14.7. The summed E-state index contributed by atoms with van der Waals surface area (Å²) in [5, 5.41) is 0. The topological polar surface area (TPSA) is 54.5 Å². The monoisotopic (exact) mass is 277 g/mol. The van der Waals surface area contributed by atoms with E-state index in [4.69, 9.17) is 0 Å². The van der Waals surface area contributed by atoms with Gasteiger partial charge in [-0.15, -0.1) is 0 Å². The maximum atomic E-state index is 12.2. The summed E-state index contributed by atoms with van der Waals surface area (Å²) in [5.41, 5.74) is 0.366. The van der Waals surface area contributed by atoms with Crippen LogP contribution in [-0.4, -0.2) is 38.5 Å². The molecule has 0 N–H and O–H groups in total. The summed E-state index contributed by atoms with van der Waals surface area (Å²) in [6, 6.07) is 5.17. The third-order valence-corrected chi connectivity index (χ3v) is 4.20. The van der Waals surface area contributed by atoms with Gasteiger partial charge in [-0.05, 0) is 19.1 Å². The van der Waals surface area contributed by atoms with Gasteiger partial charge in [0, 0.05) is 12.6 Å². The summed E-state index contributed by atoms with van der Waals surface area (Å²) in [6.07, 6.45) is -2.73. The molecule has 4 nitrogen and oxygen atoms in total. The molecule has 0 bridgehead atoms. The minimum absolute atomic E-state index is 0.115. The summed E-state index contributed by atoms with van der Waals surface area (Å²) in [7, 11) is -2.85. The molecule has 0 aliphatic carbocycles. The van der Waals surface area contributed by atoms with Gasteiger partial charge in [-0.2, -0.15) is 4.31 Å². The van der Waals surface area contributed by atoms with Crippen LogP contribution in [0.2, 0.25) is 0 Å². The number of hydrogen-bond acceptors (Lipinski definition) is 3. The molecule has 1 rings (SSSR count). The molecule has 1 aromatic rings. The minimum Gasteiger partial charge on any atom is -0.295 e. The van der Waals surface area contributed by atoms with Crippen LogP contribution in [-0.2, 0) is 10.0 Å². The Balaban J connectivity index is 3.02. The van der Waals surface area contributed by atoms with Crippen LogP contribution in [0.15, 0.2) is 29.2 Å². The predicted octanol–water partition coefficient (Wildman–Crippen LogP) is 1.77. The van der Waals surface area contributed by atoms with E-state index in [-0.39, 0.29) is 10.7 Å². The standard InChI is InChI=1S/C11H13F2NO3S/c1-8(15)9-3-5-10(6-4-9)18(16,17)14(2)7-11(12)13/h3-6,11H,7H2,1-2H3. The van der Waals surface area contributed by atoms with Crippen molar-refractivity contribution in [2.45, 2.75) is 18.2 Å². The fourth-order valence-corrected chi connectivity index (χ4v) is 2.48. The Labute approximate surface area is 104 Å². The van der Waals surface area contributed by atoms with Crippen LogP contribution in [0.5, 0.6) is 0 Å². The minimum atomic E-state index is -3.93. The largest absolute Gasteiger partial charge is 0.295 e. The summed E-state index contributed by atoms with van der Waals surface area (Å²) in [4.78, 5) is 10.9. The van der Waals surface area contributed by atoms with E-state index in [1.807, 2.05) is 0 Å². The number of hydrogen-bond donors (Lipinski definition) is 0. The predicted molar refractivity (Wildman–Crippen MR) is 62.3 cm³/mol. The average Bonchev–Trinajstić information content (AvgIpc) is 2.28. The molecule has 0 radical (unpaired) electrons. The third kappa shape index (κ3) is 3.33. The van der Waals surface area contributed by atoms with Crippen LogP contribution in [0.4, 0.5) is 8.78 Å². The molecule has 18 heavy (non-hydrogen) atoms. The van der Waals surface area contributed by atoms with Crippen LogP contribution >= 0.6 is 0 Å². The van der Waals surface area contributed by atoms with Gasteiger partial charge in [-0.1, -0.05) is 12.1 Å². The zero-order chi connectivity index (χ0) is 13.9. The van der Waals surface area contributed by atoms with Crippen molar-refractivity contribution in [3.8, 4) is 0 Å². The van der Waals surface area contributed by atoms with Gasteiger partial charge in [0.15, 0.2) is 5.78 Å². The van der Waals surface area contributed by atoms with Gasteiger partial charge in [0.1, 0.15) is 0 Å². The lowest BCUT2D eigenvalue weighted by atomic mass is 10.2. The number of carbonyl (C=O) groups excluding carboxylic acids is 1. The number of Topliss-reactive ketones (excluding diaryl/α,β-unsaturated/α-hetero) is 1. The fraction of sp³-hybridized carbons (Fsp3) is 0.364. The van der Waals surface area contributed by atoms with Crippen molar-refractivity contribution in [3.63, 3.8) is 0 Å². The van der Waals surface area contributed by atoms with E-state index in [2.05, 4.69) is 0 Å². The van der Waals surface area contributed by atoms with Crippen LogP contribution < -0.4 is 0 Å². The summed E-state index contributed by atoms with van der Waals surface area (Å²) in [5.74, 6) is -0.195. The first-order valence-electron chi connectivity index (χ1n) is 5.10. The smallest absolute Gasteiger partial charge is 0.252 e. The van der Waals surface area contributed by atoms with Crippen molar-refractivity contribution < 1.29 is 22.0 Å². The van der Waals surface area contributed by atoms with Crippen LogP contribution in [0, 0.1) is 0 Å². The molecule has 0 saturated heterocycles. The second kappa shape index (κ2) is 5.53. The normalized spacial score (nSPS) is 12.1. The van der Waals surface area contributed by atoms with E-state index in [0.29, 0.717) is 9.87 Å². The van der Waals surface area contributed by atoms with Gasteiger partial charge in [0.05, 0.1) is 11.4 Å². The van der Waals surface area contributed by atoms with Crippen molar-refractivity contribution in [3.05, 3.63) is 29.8 Å². The molecule has 0 atom stereocenters. The van der Waals surface area contributed by atoms with Crippen molar-refractivity contribution in [2.75, 3.05) is 13.6 Å². The highest BCUT2D eigenvalue weighted by molar-refractivity contribution is 7.89. The van der Waals surface area contributed by atoms with E-state index < -0.39 is 23.0 Å². The lowest BCUT2D eigenvalue weighted by Gasteiger charge is -2.16. The van der Waals surface area contributed by atoms with Gasteiger partial charge >= 0.3 is 0 Å². The number of rotatable bonds is 5. The summed E-state index contributed by atoms with van der Waals surface area (Å²) < 4.78 is 48.6. The number of sulfonamides is 1. The maximum Gasteiger partial charge on any atom is 0.252 e. The number of alkyl halides is 2. The average molecular weight is 277 g/mol. The van der Waals surface area contributed by atoms with Gasteiger partial charge < -0.3 is 0 Å². The fourth-order valence-electron chi connectivity index (χ4n) is 1.33. The first-order valence-corrected chi connectivity index (χ1v) is 6.54. The molecular formula is C11H13F2NO3S. The Morgan fingerprint density at radius 2 is 1.78 bits per heavy atom. The molecule has 0 spiro atoms. The van der Waals surface area contributed by atoms with E-state index in [1.54, 1.807) is 0 Å². The zero-order valence-electron chi connectivity index (χ0n) is 9.93. The molecular weight excluding hydrogens is 264 g/mol. The molecule has 1 aromatic carbocycles. The van der Waals surface area contributed by atoms with Crippen molar-refractivity contribution in [1.82, 2.24) is 4.31 Å². The van der Waals surface area contributed by atoms with Gasteiger partial charge in [0.2, 0.25) is 10.0 Å². The molecule has 0 aliphatic rings. The van der Waals surface area contributed by atoms with Gasteiger partial charge in [-0.25, -0.2) is 17.2 Å². The summed E-state index contributed by atoms with van der Waals surface area (Å²) in [6.45, 7) is 0.489. The number of ketones is 1. The Morgan fingerprint density at radius 1 is 1.28 bits per heavy atom. The van der Waals surface area contributed by atoms with Crippen molar-refractivity contribution in [2.24, 2.45) is 0 Å². The number of benzene rings is 1. The SMILES string of the molecule is CC(=O)c1ccc(S(=O)(=O)N(C)CC(F)F)cc1. The molecule has 7 heteroatoms. The Morgan fingerprint density at radius 3 is 2.17 bits per heavy atom. The number of carbonyl (C=O) groups is 1. The molecule has 0 fully saturated rings. The second-order valence-electron chi connectivity index (χ2n) is 3.76. The van der Waals surface area contributed by atoms with Gasteiger partial charge in [-0.3, -0.25) is 4.79 Å². The molecule has 0 unspecified atom stereocenters. The molecule has 0 amide bonds. The Bertz CT molecular complexity index is 526. The van der Waals surface area contributed by atoms with Crippen LogP contribution in [0.1, 0.15) is 17.3 Å². The lowest BCUT2D eigenvalue weighted by molar-refractivity contribution is 0.101. The van der Waals surface area contributed by atoms with Crippen LogP contribution in [0.25, 0.3) is 0 Å². The molecule has 0 heterocycles. The third-order valence-electron chi connectivity index (χ3n) is 2.36. The molecule has 0 aromatic heterocycles. The van der Waals surface area contributed by atoms with E-state index >= 15 is 0 Å². The number of halogens is 2. The van der Waals surface area contributed by atoms with E-state index in [1.165, 1.54) is 31.2 Å². The Kier molecular flexibility index (Phi) is 4.53. The first-order chi connectivity index (χ1) is 8.25. The zero-order valence-corrected chi connectivity index (χ0v) is 10.7. The number of nitrogens with zero attached hydrogens (tertiary/aromatic N) is 1. The van der Waals surface area contributed by atoms with E-state index in [0.717, 1.165) is 7.05 Å². The maximum absolute atomic E-state index is 12.2. The van der Waals surface area contributed by atoms with Gasteiger partial charge in [0.25, 0.3) is 6.43 Å². The van der Waals surface area contributed by atoms with Crippen LogP contribution in [0.3, 0.4) is 0 Å². The van der Waals surface area contributed by atoms with E-state index in [9.17, 15) is 22.0 Å². The highest BCUT2D eigenvalue weighted by Crippen LogP contribution is 2.16.